The van der Waals surface area contributed by atoms with E-state index in [-0.39, 0.29) is 16.9 Å². The lowest BCUT2D eigenvalue weighted by atomic mass is 9.88. The fourth-order valence-corrected chi connectivity index (χ4v) is 3.90. The summed E-state index contributed by atoms with van der Waals surface area (Å²) in [5.74, 6) is -0.0189. The summed E-state index contributed by atoms with van der Waals surface area (Å²) in [5.41, 5.74) is 3.58. The molecule has 0 radical (unpaired) electrons. The van der Waals surface area contributed by atoms with Crippen LogP contribution in [0.5, 0.6) is 5.75 Å². The number of ketones is 1. The maximum atomic E-state index is 12.4. The molecule has 0 saturated heterocycles. The smallest absolute Gasteiger partial charge is 0.229 e. The van der Waals surface area contributed by atoms with Crippen molar-refractivity contribution in [2.75, 3.05) is 11.0 Å². The molecule has 7 heteroatoms. The van der Waals surface area contributed by atoms with Crippen LogP contribution in [0, 0.1) is 0 Å². The molecule has 164 valence electrons. The number of carbonyl (C=O) groups excluding carboxylic acids is 1. The molecule has 2 N–H and O–H groups in total. The molecule has 1 aliphatic carbocycles. The van der Waals surface area contributed by atoms with Gasteiger partial charge in [0.25, 0.3) is 0 Å². The maximum Gasteiger partial charge on any atom is 0.229 e. The molecule has 0 unspecified atom stereocenters. The number of aromatic hydroxyl groups is 1. The lowest BCUT2D eigenvalue weighted by molar-refractivity contribution is -0.113. The molecular formula is C24H28N2O4S. The summed E-state index contributed by atoms with van der Waals surface area (Å²) in [6.45, 7) is 6.14. The Kier molecular flexibility index (Phi) is 6.36. The van der Waals surface area contributed by atoms with E-state index in [9.17, 15) is 18.3 Å². The molecule has 3 rings (SSSR count). The maximum absolute atomic E-state index is 12.4. The van der Waals surface area contributed by atoms with Gasteiger partial charge in [0.05, 0.1) is 6.26 Å². The van der Waals surface area contributed by atoms with Crippen molar-refractivity contribution in [1.82, 2.24) is 4.98 Å². The van der Waals surface area contributed by atoms with Crippen molar-refractivity contribution in [3.8, 4) is 5.75 Å². The molecule has 1 aliphatic rings. The van der Waals surface area contributed by atoms with E-state index in [0.29, 0.717) is 36.2 Å². The minimum absolute atomic E-state index is 0.0401. The average Bonchev–Trinajstić information content (AvgIpc) is 2.67. The van der Waals surface area contributed by atoms with Crippen LogP contribution < -0.4 is 4.72 Å². The number of aromatic nitrogens is 1. The minimum atomic E-state index is -3.32. The van der Waals surface area contributed by atoms with Crippen LogP contribution in [0.1, 0.15) is 49.7 Å². The Morgan fingerprint density at radius 3 is 2.39 bits per heavy atom. The molecule has 0 bridgehead atoms. The number of allylic oxidation sites excluding steroid dienone is 4. The number of Topliss-reactive ketones (excluding diaryl/α,β-unsaturated/α-hetero) is 1. The number of aryl methyl sites for hydroxylation is 2. The predicted octanol–water partition coefficient (Wildman–Crippen LogP) is 4.15. The van der Waals surface area contributed by atoms with Gasteiger partial charge in [-0.25, -0.2) is 13.4 Å². The molecule has 0 atom stereocenters. The molecule has 0 aliphatic heterocycles. The van der Waals surface area contributed by atoms with E-state index < -0.39 is 10.0 Å². The van der Waals surface area contributed by atoms with Gasteiger partial charge in [-0.2, -0.15) is 0 Å². The van der Waals surface area contributed by atoms with E-state index in [1.54, 1.807) is 24.3 Å². The summed E-state index contributed by atoms with van der Waals surface area (Å²) < 4.78 is 25.2. The zero-order valence-corrected chi connectivity index (χ0v) is 19.1. The number of hydrogen-bond acceptors (Lipinski definition) is 5. The molecule has 31 heavy (non-hydrogen) atoms. The largest absolute Gasteiger partial charge is 0.505 e. The molecule has 1 aromatic heterocycles. The number of anilines is 1. The molecule has 0 amide bonds. The molecule has 2 aromatic rings. The minimum Gasteiger partial charge on any atom is -0.505 e. The Balaban J connectivity index is 1.90. The molecule has 0 spiro atoms. The van der Waals surface area contributed by atoms with E-state index >= 15 is 0 Å². The number of carbonyl (C=O) groups is 1. The van der Waals surface area contributed by atoms with E-state index in [2.05, 4.69) is 9.71 Å². The zero-order chi connectivity index (χ0) is 22.8. The second kappa shape index (κ2) is 8.67. The Labute approximate surface area is 183 Å². The lowest BCUT2D eigenvalue weighted by Crippen LogP contribution is -2.17. The molecule has 1 heterocycles. The number of benzene rings is 1. The number of hydrogen-bond donors (Lipinski definition) is 2. The van der Waals surface area contributed by atoms with Gasteiger partial charge in [-0.05, 0) is 48.2 Å². The van der Waals surface area contributed by atoms with Gasteiger partial charge in [0.1, 0.15) is 11.4 Å². The summed E-state index contributed by atoms with van der Waals surface area (Å²) in [4.78, 5) is 17.1. The number of nitrogens with zero attached hydrogens (tertiary/aromatic N) is 1. The first-order chi connectivity index (χ1) is 14.4. The van der Waals surface area contributed by atoms with Crippen LogP contribution >= 0.6 is 0 Å². The van der Waals surface area contributed by atoms with Crippen molar-refractivity contribution >= 4 is 27.1 Å². The van der Waals surface area contributed by atoms with Crippen molar-refractivity contribution in [2.24, 2.45) is 0 Å². The Morgan fingerprint density at radius 2 is 1.81 bits per heavy atom. The lowest BCUT2D eigenvalue weighted by Gasteiger charge is -2.22. The summed E-state index contributed by atoms with van der Waals surface area (Å²) in [5, 5.41) is 10.9. The van der Waals surface area contributed by atoms with Crippen LogP contribution in [-0.2, 0) is 33.1 Å². The van der Waals surface area contributed by atoms with Crippen LogP contribution in [0.2, 0.25) is 0 Å². The van der Waals surface area contributed by atoms with E-state index in [4.69, 9.17) is 0 Å². The summed E-state index contributed by atoms with van der Waals surface area (Å²) in [7, 11) is -3.32. The highest BCUT2D eigenvalue weighted by molar-refractivity contribution is 7.92. The van der Waals surface area contributed by atoms with Crippen LogP contribution in [0.4, 0.5) is 5.69 Å². The highest BCUT2D eigenvalue weighted by atomic mass is 32.2. The third-order valence-electron chi connectivity index (χ3n) is 5.04. The van der Waals surface area contributed by atoms with Gasteiger partial charge in [0.2, 0.25) is 10.0 Å². The molecular weight excluding hydrogens is 412 g/mol. The highest BCUT2D eigenvalue weighted by Gasteiger charge is 2.24. The first-order valence-corrected chi connectivity index (χ1v) is 12.0. The Hall–Kier alpha value is -2.93. The average molecular weight is 441 g/mol. The van der Waals surface area contributed by atoms with Gasteiger partial charge < -0.3 is 5.11 Å². The fraction of sp³-hybridized carbons (Fsp3) is 0.333. The summed E-state index contributed by atoms with van der Waals surface area (Å²) >= 11 is 0. The Morgan fingerprint density at radius 1 is 1.13 bits per heavy atom. The van der Waals surface area contributed by atoms with Crippen LogP contribution in [0.25, 0.3) is 5.57 Å². The number of rotatable bonds is 6. The number of sulfonamides is 1. The second-order valence-corrected chi connectivity index (χ2v) is 10.6. The zero-order valence-electron chi connectivity index (χ0n) is 18.3. The predicted molar refractivity (Wildman–Crippen MR) is 124 cm³/mol. The number of pyridine rings is 1. The van der Waals surface area contributed by atoms with Crippen molar-refractivity contribution in [1.29, 1.82) is 0 Å². The van der Waals surface area contributed by atoms with Crippen molar-refractivity contribution in [3.05, 3.63) is 71.1 Å². The van der Waals surface area contributed by atoms with Crippen molar-refractivity contribution in [2.45, 2.75) is 45.4 Å². The van der Waals surface area contributed by atoms with E-state index in [0.717, 1.165) is 23.1 Å². The Bertz CT molecular complexity index is 1160. The number of nitrogens with one attached hydrogen (secondary N) is 1. The van der Waals surface area contributed by atoms with Gasteiger partial charge in [-0.3, -0.25) is 9.52 Å². The first kappa shape index (κ1) is 22.7. The van der Waals surface area contributed by atoms with Gasteiger partial charge in [0.15, 0.2) is 5.78 Å². The van der Waals surface area contributed by atoms with Crippen LogP contribution in [0.3, 0.4) is 0 Å². The normalized spacial score (nSPS) is 14.5. The van der Waals surface area contributed by atoms with Gasteiger partial charge >= 0.3 is 0 Å². The second-order valence-electron chi connectivity index (χ2n) is 8.82. The fourth-order valence-electron chi connectivity index (χ4n) is 3.34. The SMILES string of the molecule is CC(C)(C)c1cc(CCc2ccc(NS(C)(=O)=O)cc2)c(O)c(C2=CC=CCC2=O)n1. The topological polar surface area (TPSA) is 96.4 Å². The third-order valence-corrected chi connectivity index (χ3v) is 5.64. The van der Waals surface area contributed by atoms with E-state index in [1.807, 2.05) is 45.0 Å². The highest BCUT2D eigenvalue weighted by Crippen LogP contribution is 2.34. The summed E-state index contributed by atoms with van der Waals surface area (Å²) in [6.07, 6.45) is 7.92. The first-order valence-electron chi connectivity index (χ1n) is 10.1. The molecule has 0 saturated carbocycles. The standard InChI is InChI=1S/C24H28N2O4S/c1-24(2,3)21-15-17(23(28)22(25-21)19-7-5-6-8-20(19)27)12-9-16-10-13-18(14-11-16)26-31(4,29)30/h5-7,10-11,13-15,26,28H,8-9,12H2,1-4H3. The summed E-state index contributed by atoms with van der Waals surface area (Å²) in [6, 6.07) is 9.05. The van der Waals surface area contributed by atoms with Crippen LogP contribution in [0.15, 0.2) is 48.6 Å². The van der Waals surface area contributed by atoms with Crippen molar-refractivity contribution < 1.29 is 18.3 Å². The molecule has 1 aromatic carbocycles. The van der Waals surface area contributed by atoms with Crippen LogP contribution in [-0.4, -0.2) is 30.5 Å². The monoisotopic (exact) mass is 440 g/mol. The quantitative estimate of drug-likeness (QED) is 0.703. The van der Waals surface area contributed by atoms with Gasteiger partial charge in [0, 0.05) is 28.8 Å². The van der Waals surface area contributed by atoms with Crippen molar-refractivity contribution in [3.63, 3.8) is 0 Å². The van der Waals surface area contributed by atoms with E-state index in [1.165, 1.54) is 0 Å². The van der Waals surface area contributed by atoms with Gasteiger partial charge in [-0.15, -0.1) is 0 Å². The molecule has 0 fully saturated rings. The molecule has 6 nitrogen and oxygen atoms in total. The van der Waals surface area contributed by atoms with Gasteiger partial charge in [-0.1, -0.05) is 45.1 Å². The third kappa shape index (κ3) is 5.82.